The summed E-state index contributed by atoms with van der Waals surface area (Å²) in [5.41, 5.74) is 9.88. The van der Waals surface area contributed by atoms with Gasteiger partial charge < -0.3 is 10.5 Å². The van der Waals surface area contributed by atoms with Crippen molar-refractivity contribution in [3.8, 4) is 5.75 Å². The van der Waals surface area contributed by atoms with E-state index in [0.717, 1.165) is 17.7 Å². The number of hydrogen-bond acceptors (Lipinski definition) is 2. The SMILES string of the molecule is CCC(C)C(N)c1cc(C)c(OC)cc1C. The van der Waals surface area contributed by atoms with Gasteiger partial charge in [0.15, 0.2) is 0 Å². The lowest BCUT2D eigenvalue weighted by atomic mass is 9.89. The van der Waals surface area contributed by atoms with Crippen molar-refractivity contribution in [2.24, 2.45) is 11.7 Å². The zero-order chi connectivity index (χ0) is 12.3. The molecule has 0 fully saturated rings. The lowest BCUT2D eigenvalue weighted by Crippen LogP contribution is -2.19. The van der Waals surface area contributed by atoms with Crippen LogP contribution in [0.1, 0.15) is 43.0 Å². The lowest BCUT2D eigenvalue weighted by Gasteiger charge is -2.22. The molecule has 90 valence electrons. The van der Waals surface area contributed by atoms with Crippen LogP contribution in [0, 0.1) is 19.8 Å². The van der Waals surface area contributed by atoms with Crippen molar-refractivity contribution < 1.29 is 4.74 Å². The van der Waals surface area contributed by atoms with E-state index in [2.05, 4.69) is 39.8 Å². The van der Waals surface area contributed by atoms with E-state index in [0.29, 0.717) is 5.92 Å². The summed E-state index contributed by atoms with van der Waals surface area (Å²) < 4.78 is 5.31. The molecule has 1 aromatic rings. The molecule has 0 heterocycles. The minimum Gasteiger partial charge on any atom is -0.496 e. The first-order valence-corrected chi connectivity index (χ1v) is 5.92. The number of benzene rings is 1. The number of rotatable bonds is 4. The molecule has 0 aromatic heterocycles. The predicted molar refractivity (Wildman–Crippen MR) is 68.9 cm³/mol. The zero-order valence-electron chi connectivity index (χ0n) is 11.0. The highest BCUT2D eigenvalue weighted by Gasteiger charge is 2.16. The van der Waals surface area contributed by atoms with Gasteiger partial charge in [0, 0.05) is 6.04 Å². The molecular formula is C14H23NO. The Morgan fingerprint density at radius 2 is 1.88 bits per heavy atom. The topological polar surface area (TPSA) is 35.2 Å². The van der Waals surface area contributed by atoms with Gasteiger partial charge in [-0.1, -0.05) is 26.3 Å². The van der Waals surface area contributed by atoms with Gasteiger partial charge in [-0.2, -0.15) is 0 Å². The van der Waals surface area contributed by atoms with Crippen molar-refractivity contribution in [1.82, 2.24) is 0 Å². The number of aryl methyl sites for hydroxylation is 2. The quantitative estimate of drug-likeness (QED) is 0.846. The van der Waals surface area contributed by atoms with Crippen molar-refractivity contribution in [1.29, 1.82) is 0 Å². The molecular weight excluding hydrogens is 198 g/mol. The van der Waals surface area contributed by atoms with Gasteiger partial charge in [-0.05, 0) is 42.5 Å². The standard InChI is InChI=1S/C14H23NO/c1-6-9(2)14(15)12-7-11(4)13(16-5)8-10(12)3/h7-9,14H,6,15H2,1-5H3. The highest BCUT2D eigenvalue weighted by molar-refractivity contribution is 5.42. The van der Waals surface area contributed by atoms with E-state index in [1.54, 1.807) is 7.11 Å². The maximum atomic E-state index is 6.27. The predicted octanol–water partition coefficient (Wildman–Crippen LogP) is 3.36. The van der Waals surface area contributed by atoms with Gasteiger partial charge in [-0.15, -0.1) is 0 Å². The fourth-order valence-electron chi connectivity index (χ4n) is 1.95. The average Bonchev–Trinajstić information content (AvgIpc) is 2.29. The van der Waals surface area contributed by atoms with Crippen LogP contribution in [-0.2, 0) is 0 Å². The fraction of sp³-hybridized carbons (Fsp3) is 0.571. The molecule has 0 radical (unpaired) electrons. The van der Waals surface area contributed by atoms with Crippen LogP contribution in [0.3, 0.4) is 0 Å². The highest BCUT2D eigenvalue weighted by Crippen LogP contribution is 2.29. The summed E-state index contributed by atoms with van der Waals surface area (Å²) >= 11 is 0. The van der Waals surface area contributed by atoms with E-state index >= 15 is 0 Å². The van der Waals surface area contributed by atoms with Gasteiger partial charge in [0.05, 0.1) is 7.11 Å². The Bertz CT molecular complexity index is 360. The summed E-state index contributed by atoms with van der Waals surface area (Å²) in [7, 11) is 1.70. The Labute approximate surface area is 98.8 Å². The number of nitrogens with two attached hydrogens (primary N) is 1. The summed E-state index contributed by atoms with van der Waals surface area (Å²) in [5, 5.41) is 0. The smallest absolute Gasteiger partial charge is 0.122 e. The first kappa shape index (κ1) is 13.0. The van der Waals surface area contributed by atoms with E-state index < -0.39 is 0 Å². The van der Waals surface area contributed by atoms with Crippen LogP contribution < -0.4 is 10.5 Å². The van der Waals surface area contributed by atoms with Crippen LogP contribution >= 0.6 is 0 Å². The van der Waals surface area contributed by atoms with Crippen molar-refractivity contribution >= 4 is 0 Å². The molecule has 0 aliphatic heterocycles. The summed E-state index contributed by atoms with van der Waals surface area (Å²) in [6.45, 7) is 8.53. The van der Waals surface area contributed by atoms with Crippen molar-refractivity contribution in [3.63, 3.8) is 0 Å². The molecule has 2 nitrogen and oxygen atoms in total. The Morgan fingerprint density at radius 1 is 1.25 bits per heavy atom. The maximum Gasteiger partial charge on any atom is 0.122 e. The zero-order valence-corrected chi connectivity index (χ0v) is 11.0. The summed E-state index contributed by atoms with van der Waals surface area (Å²) in [5.74, 6) is 1.45. The first-order chi connectivity index (χ1) is 7.51. The maximum absolute atomic E-state index is 6.27. The second-order valence-corrected chi connectivity index (χ2v) is 4.59. The molecule has 16 heavy (non-hydrogen) atoms. The first-order valence-electron chi connectivity index (χ1n) is 5.92. The molecule has 0 saturated carbocycles. The summed E-state index contributed by atoms with van der Waals surface area (Å²) in [6, 6.07) is 4.35. The Morgan fingerprint density at radius 3 is 2.38 bits per heavy atom. The number of ether oxygens (including phenoxy) is 1. The average molecular weight is 221 g/mol. The monoisotopic (exact) mass is 221 g/mol. The van der Waals surface area contributed by atoms with E-state index in [1.165, 1.54) is 11.1 Å². The molecule has 2 atom stereocenters. The number of methoxy groups -OCH3 is 1. The van der Waals surface area contributed by atoms with Gasteiger partial charge in [-0.3, -0.25) is 0 Å². The number of hydrogen-bond donors (Lipinski definition) is 1. The fourth-order valence-corrected chi connectivity index (χ4v) is 1.95. The molecule has 0 aliphatic carbocycles. The van der Waals surface area contributed by atoms with E-state index in [-0.39, 0.29) is 6.04 Å². The molecule has 1 aromatic carbocycles. The second kappa shape index (κ2) is 5.35. The molecule has 0 amide bonds. The lowest BCUT2D eigenvalue weighted by molar-refractivity contribution is 0.409. The van der Waals surface area contributed by atoms with Gasteiger partial charge in [0.2, 0.25) is 0 Å². The van der Waals surface area contributed by atoms with Crippen molar-refractivity contribution in [3.05, 3.63) is 28.8 Å². The minimum absolute atomic E-state index is 0.120. The van der Waals surface area contributed by atoms with Crippen LogP contribution in [0.5, 0.6) is 5.75 Å². The van der Waals surface area contributed by atoms with E-state index in [1.807, 2.05) is 0 Å². The third kappa shape index (κ3) is 2.56. The van der Waals surface area contributed by atoms with Gasteiger partial charge in [0.25, 0.3) is 0 Å². The second-order valence-electron chi connectivity index (χ2n) is 4.59. The third-order valence-electron chi connectivity index (χ3n) is 3.40. The van der Waals surface area contributed by atoms with Gasteiger partial charge >= 0.3 is 0 Å². The molecule has 1 rings (SSSR count). The molecule has 2 heteroatoms. The molecule has 0 saturated heterocycles. The normalized spacial score (nSPS) is 14.6. The Hall–Kier alpha value is -1.02. The molecule has 0 spiro atoms. The summed E-state index contributed by atoms with van der Waals surface area (Å²) in [6.07, 6.45) is 1.10. The molecule has 2 N–H and O–H groups in total. The van der Waals surface area contributed by atoms with Crippen molar-refractivity contribution in [2.45, 2.75) is 40.2 Å². The Kier molecular flexibility index (Phi) is 4.36. The van der Waals surface area contributed by atoms with E-state index in [9.17, 15) is 0 Å². The van der Waals surface area contributed by atoms with Crippen LogP contribution in [0.15, 0.2) is 12.1 Å². The molecule has 2 unspecified atom stereocenters. The summed E-state index contributed by atoms with van der Waals surface area (Å²) in [4.78, 5) is 0. The third-order valence-corrected chi connectivity index (χ3v) is 3.40. The van der Waals surface area contributed by atoms with Gasteiger partial charge in [0.1, 0.15) is 5.75 Å². The minimum atomic E-state index is 0.120. The Balaban J connectivity index is 3.10. The van der Waals surface area contributed by atoms with Crippen LogP contribution in [0.2, 0.25) is 0 Å². The van der Waals surface area contributed by atoms with E-state index in [4.69, 9.17) is 10.5 Å². The highest BCUT2D eigenvalue weighted by atomic mass is 16.5. The van der Waals surface area contributed by atoms with Crippen LogP contribution in [0.25, 0.3) is 0 Å². The van der Waals surface area contributed by atoms with Gasteiger partial charge in [-0.25, -0.2) is 0 Å². The van der Waals surface area contributed by atoms with Crippen LogP contribution in [0.4, 0.5) is 0 Å². The van der Waals surface area contributed by atoms with Crippen LogP contribution in [-0.4, -0.2) is 7.11 Å². The molecule has 0 aliphatic rings. The van der Waals surface area contributed by atoms with Crippen molar-refractivity contribution in [2.75, 3.05) is 7.11 Å². The largest absolute Gasteiger partial charge is 0.496 e. The molecule has 0 bridgehead atoms.